The SMILES string of the molecule is CC(C)(C)OC(=O)N1CCC[C@H]1c1ncc(-c2ccc(-c3ccc(-c4cnc([C@@H]5CCCN5C(=O)OC(C)(C)C)[nH]4)cc3)cc2)[nH]1. The summed E-state index contributed by atoms with van der Waals surface area (Å²) in [7, 11) is 0. The minimum absolute atomic E-state index is 0.116. The molecule has 2 aliphatic heterocycles. The molecule has 6 rings (SSSR count). The van der Waals surface area contributed by atoms with Crippen LogP contribution in [0.4, 0.5) is 9.59 Å². The highest BCUT2D eigenvalue weighted by Crippen LogP contribution is 2.35. The van der Waals surface area contributed by atoms with Crippen molar-refractivity contribution in [2.75, 3.05) is 13.1 Å². The van der Waals surface area contributed by atoms with Gasteiger partial charge < -0.3 is 19.4 Å². The van der Waals surface area contributed by atoms with Crippen LogP contribution in [-0.2, 0) is 9.47 Å². The van der Waals surface area contributed by atoms with E-state index in [0.29, 0.717) is 13.1 Å². The van der Waals surface area contributed by atoms with Gasteiger partial charge in [0.15, 0.2) is 0 Å². The van der Waals surface area contributed by atoms with Gasteiger partial charge in [0.2, 0.25) is 0 Å². The molecule has 4 aromatic rings. The Morgan fingerprint density at radius 1 is 0.630 bits per heavy atom. The van der Waals surface area contributed by atoms with E-state index in [1.807, 2.05) is 53.9 Å². The highest BCUT2D eigenvalue weighted by atomic mass is 16.6. The van der Waals surface area contributed by atoms with Crippen molar-refractivity contribution in [2.24, 2.45) is 0 Å². The van der Waals surface area contributed by atoms with Crippen molar-refractivity contribution in [1.29, 1.82) is 0 Å². The van der Waals surface area contributed by atoms with E-state index in [2.05, 4.69) is 68.5 Å². The Kier molecular flexibility index (Phi) is 8.39. The number of aromatic amines is 2. The number of ether oxygens (including phenoxy) is 2. The molecule has 2 aliphatic rings. The molecule has 2 aromatic heterocycles. The molecule has 0 saturated carbocycles. The quantitative estimate of drug-likeness (QED) is 0.231. The lowest BCUT2D eigenvalue weighted by Gasteiger charge is -2.27. The zero-order valence-electron chi connectivity index (χ0n) is 27.6. The van der Waals surface area contributed by atoms with E-state index in [1.54, 1.807) is 9.80 Å². The lowest BCUT2D eigenvalue weighted by Crippen LogP contribution is -2.36. The van der Waals surface area contributed by atoms with Crippen molar-refractivity contribution < 1.29 is 19.1 Å². The average Bonchev–Trinajstić information content (AvgIpc) is 3.82. The fourth-order valence-electron chi connectivity index (χ4n) is 6.17. The van der Waals surface area contributed by atoms with E-state index in [0.717, 1.165) is 71.0 Å². The second-order valence-electron chi connectivity index (χ2n) is 14.2. The smallest absolute Gasteiger partial charge is 0.410 e. The number of likely N-dealkylation sites (tertiary alicyclic amines) is 2. The molecule has 10 nitrogen and oxygen atoms in total. The molecule has 2 atom stereocenters. The number of aromatic nitrogens is 4. The van der Waals surface area contributed by atoms with Gasteiger partial charge in [-0.1, -0.05) is 48.5 Å². The van der Waals surface area contributed by atoms with E-state index in [1.165, 1.54) is 0 Å². The van der Waals surface area contributed by atoms with Crippen LogP contribution in [0.5, 0.6) is 0 Å². The molecule has 2 N–H and O–H groups in total. The lowest BCUT2D eigenvalue weighted by molar-refractivity contribution is 0.0208. The third-order valence-corrected chi connectivity index (χ3v) is 8.31. The monoisotopic (exact) mass is 624 g/mol. The number of H-pyrrole nitrogens is 2. The zero-order valence-corrected chi connectivity index (χ0v) is 27.6. The molecule has 2 saturated heterocycles. The highest BCUT2D eigenvalue weighted by molar-refractivity contribution is 5.72. The van der Waals surface area contributed by atoms with Crippen molar-refractivity contribution in [3.63, 3.8) is 0 Å². The molecule has 242 valence electrons. The van der Waals surface area contributed by atoms with Crippen LogP contribution in [0.15, 0.2) is 60.9 Å². The standard InChI is InChI=1S/C36H44N6O4/c1-35(2,3)45-33(43)41-19-7-9-29(41)31-37-21-27(39-31)25-15-11-23(12-16-25)24-13-17-26(18-14-24)28-22-38-32(40-28)30-10-8-20-42(30)34(44)46-36(4,5)6/h11-18,21-22,29-30H,7-10,19-20H2,1-6H3,(H,37,39)(H,38,40)/t29-,30-/m0/s1. The first-order chi connectivity index (χ1) is 21.8. The second-order valence-corrected chi connectivity index (χ2v) is 14.2. The predicted octanol–water partition coefficient (Wildman–Crippen LogP) is 8.28. The van der Waals surface area contributed by atoms with Crippen LogP contribution in [-0.4, -0.2) is 66.2 Å². The summed E-state index contributed by atoms with van der Waals surface area (Å²) in [6.07, 6.45) is 6.62. The summed E-state index contributed by atoms with van der Waals surface area (Å²) in [6, 6.07) is 16.5. The Balaban J connectivity index is 1.11. The van der Waals surface area contributed by atoms with Crippen LogP contribution < -0.4 is 0 Å². The molecule has 2 aromatic carbocycles. The maximum atomic E-state index is 12.8. The van der Waals surface area contributed by atoms with Gasteiger partial charge in [-0.05, 0) is 89.5 Å². The Bertz CT molecular complexity index is 1550. The molecular weight excluding hydrogens is 580 g/mol. The summed E-state index contributed by atoms with van der Waals surface area (Å²) in [5.74, 6) is 1.57. The van der Waals surface area contributed by atoms with E-state index in [-0.39, 0.29) is 24.3 Å². The van der Waals surface area contributed by atoms with Gasteiger partial charge in [-0.15, -0.1) is 0 Å². The molecule has 10 heteroatoms. The van der Waals surface area contributed by atoms with Gasteiger partial charge in [-0.25, -0.2) is 19.6 Å². The summed E-state index contributed by atoms with van der Waals surface area (Å²) in [5, 5.41) is 0. The largest absolute Gasteiger partial charge is 0.444 e. The number of amides is 2. The maximum absolute atomic E-state index is 12.8. The van der Waals surface area contributed by atoms with Crippen molar-refractivity contribution in [3.05, 3.63) is 72.6 Å². The molecule has 46 heavy (non-hydrogen) atoms. The molecular formula is C36H44N6O4. The van der Waals surface area contributed by atoms with Crippen LogP contribution in [0.3, 0.4) is 0 Å². The highest BCUT2D eigenvalue weighted by Gasteiger charge is 2.36. The first-order valence-electron chi connectivity index (χ1n) is 16.1. The number of hydrogen-bond donors (Lipinski definition) is 2. The number of nitrogens with zero attached hydrogens (tertiary/aromatic N) is 4. The number of carbonyl (C=O) groups excluding carboxylic acids is 2. The van der Waals surface area contributed by atoms with Crippen molar-refractivity contribution in [3.8, 4) is 33.6 Å². The van der Waals surface area contributed by atoms with E-state index < -0.39 is 11.2 Å². The topological polar surface area (TPSA) is 116 Å². The number of carbonyl (C=O) groups is 2. The first-order valence-corrected chi connectivity index (χ1v) is 16.1. The van der Waals surface area contributed by atoms with E-state index in [9.17, 15) is 9.59 Å². The molecule has 0 radical (unpaired) electrons. The van der Waals surface area contributed by atoms with Gasteiger partial charge in [-0.2, -0.15) is 0 Å². The van der Waals surface area contributed by atoms with Crippen LogP contribution in [0.25, 0.3) is 33.6 Å². The van der Waals surface area contributed by atoms with Crippen molar-refractivity contribution >= 4 is 12.2 Å². The van der Waals surface area contributed by atoms with Gasteiger partial charge in [0.25, 0.3) is 0 Å². The fourth-order valence-corrected chi connectivity index (χ4v) is 6.17. The summed E-state index contributed by atoms with van der Waals surface area (Å²) in [4.78, 5) is 45.2. The van der Waals surface area contributed by atoms with Crippen LogP contribution in [0, 0.1) is 0 Å². The maximum Gasteiger partial charge on any atom is 0.410 e. The molecule has 0 unspecified atom stereocenters. The minimum atomic E-state index is -0.536. The Labute approximate surface area is 270 Å². The molecule has 2 amide bonds. The molecule has 0 aliphatic carbocycles. The third kappa shape index (κ3) is 6.95. The first kappa shape index (κ1) is 31.4. The normalized spacial score (nSPS) is 18.7. The molecule has 4 heterocycles. The molecule has 0 bridgehead atoms. The average molecular weight is 625 g/mol. The van der Waals surface area contributed by atoms with Gasteiger partial charge >= 0.3 is 12.2 Å². The number of rotatable bonds is 5. The summed E-state index contributed by atoms with van der Waals surface area (Å²) < 4.78 is 11.2. The molecule has 0 spiro atoms. The van der Waals surface area contributed by atoms with Gasteiger partial charge in [0.1, 0.15) is 22.9 Å². The second kappa shape index (κ2) is 12.3. The number of hydrogen-bond acceptors (Lipinski definition) is 6. The van der Waals surface area contributed by atoms with Crippen molar-refractivity contribution in [1.82, 2.24) is 29.7 Å². The van der Waals surface area contributed by atoms with Crippen LogP contribution in [0.2, 0.25) is 0 Å². The number of imidazole rings is 2. The van der Waals surface area contributed by atoms with Crippen LogP contribution in [0.1, 0.15) is 91.0 Å². The van der Waals surface area contributed by atoms with Gasteiger partial charge in [0.05, 0.1) is 35.9 Å². The summed E-state index contributed by atoms with van der Waals surface area (Å²) in [6.45, 7) is 12.6. The van der Waals surface area contributed by atoms with Gasteiger partial charge in [0, 0.05) is 13.1 Å². The number of nitrogens with one attached hydrogen (secondary N) is 2. The summed E-state index contributed by atoms with van der Waals surface area (Å²) in [5.41, 5.74) is 5.01. The Hall–Kier alpha value is -4.60. The predicted molar refractivity (Wildman–Crippen MR) is 177 cm³/mol. The van der Waals surface area contributed by atoms with E-state index >= 15 is 0 Å². The van der Waals surface area contributed by atoms with Gasteiger partial charge in [-0.3, -0.25) is 9.80 Å². The van der Waals surface area contributed by atoms with Crippen LogP contribution >= 0.6 is 0 Å². The molecule has 2 fully saturated rings. The zero-order chi connectivity index (χ0) is 32.6. The lowest BCUT2D eigenvalue weighted by atomic mass is 10.0. The van der Waals surface area contributed by atoms with Crippen molar-refractivity contribution in [2.45, 2.75) is 90.5 Å². The number of benzene rings is 2. The van der Waals surface area contributed by atoms with E-state index in [4.69, 9.17) is 9.47 Å². The third-order valence-electron chi connectivity index (χ3n) is 8.31. The fraction of sp³-hybridized carbons (Fsp3) is 0.444. The summed E-state index contributed by atoms with van der Waals surface area (Å²) >= 11 is 0. The minimum Gasteiger partial charge on any atom is -0.444 e. The Morgan fingerprint density at radius 3 is 1.33 bits per heavy atom. The Morgan fingerprint density at radius 2 is 0.978 bits per heavy atom.